The van der Waals surface area contributed by atoms with Crippen LogP contribution in [0.15, 0.2) is 46.2 Å². The largest absolute Gasteiger partial charge is 0.339 e. The highest BCUT2D eigenvalue weighted by atomic mass is 32.2. The Morgan fingerprint density at radius 2 is 1.61 bits per heavy atom. The fourth-order valence-electron chi connectivity index (χ4n) is 4.41. The number of benzene rings is 2. The van der Waals surface area contributed by atoms with Crippen molar-refractivity contribution in [3.8, 4) is 0 Å². The summed E-state index contributed by atoms with van der Waals surface area (Å²) < 4.78 is 54.0. The fourth-order valence-corrected chi connectivity index (χ4v) is 7.67. The molecule has 3 rings (SSSR count). The molecule has 0 spiro atoms. The molecule has 180 valence electrons. The van der Waals surface area contributed by atoms with Crippen LogP contribution >= 0.6 is 0 Å². The summed E-state index contributed by atoms with van der Waals surface area (Å²) in [5.74, 6) is -0.368. The van der Waals surface area contributed by atoms with Crippen molar-refractivity contribution in [3.63, 3.8) is 0 Å². The van der Waals surface area contributed by atoms with E-state index in [1.54, 1.807) is 49.1 Å². The highest BCUT2D eigenvalue weighted by Crippen LogP contribution is 2.26. The Morgan fingerprint density at radius 3 is 2.21 bits per heavy atom. The van der Waals surface area contributed by atoms with E-state index in [0.717, 1.165) is 17.5 Å². The molecule has 1 atom stereocenters. The second kappa shape index (κ2) is 9.95. The standard InChI is InChI=1S/C24H32N2O5S2/c1-17-15-18(2)20(4)24(19(17)3)33(30,31)25-13-12-23(27)26-14-8-9-21(26)16-32(28,29)22-10-6-5-7-11-22/h5-7,10-11,15,21,25H,8-9,12-14,16H2,1-4H3. The predicted molar refractivity (Wildman–Crippen MR) is 128 cm³/mol. The summed E-state index contributed by atoms with van der Waals surface area (Å²) in [6.45, 7) is 7.76. The van der Waals surface area contributed by atoms with Gasteiger partial charge in [-0.1, -0.05) is 24.3 Å². The van der Waals surface area contributed by atoms with Gasteiger partial charge in [-0.2, -0.15) is 0 Å². The average molecular weight is 493 g/mol. The molecule has 0 radical (unpaired) electrons. The van der Waals surface area contributed by atoms with Crippen LogP contribution < -0.4 is 4.72 Å². The lowest BCUT2D eigenvalue weighted by Crippen LogP contribution is -2.41. The molecule has 1 unspecified atom stereocenters. The Kier molecular flexibility index (Phi) is 7.65. The fraction of sp³-hybridized carbons (Fsp3) is 0.458. The maximum Gasteiger partial charge on any atom is 0.241 e. The van der Waals surface area contributed by atoms with Crippen molar-refractivity contribution >= 4 is 25.8 Å². The minimum Gasteiger partial charge on any atom is -0.339 e. The third kappa shape index (κ3) is 5.65. The number of sulfone groups is 1. The molecule has 1 aliphatic rings. The van der Waals surface area contributed by atoms with Crippen LogP contribution in [0.2, 0.25) is 0 Å². The highest BCUT2D eigenvalue weighted by Gasteiger charge is 2.33. The third-order valence-electron chi connectivity index (χ3n) is 6.41. The molecule has 1 saturated heterocycles. The first kappa shape index (κ1) is 25.4. The molecule has 7 nitrogen and oxygen atoms in total. The van der Waals surface area contributed by atoms with Crippen molar-refractivity contribution in [2.75, 3.05) is 18.8 Å². The van der Waals surface area contributed by atoms with Crippen LogP contribution in [0.3, 0.4) is 0 Å². The van der Waals surface area contributed by atoms with Crippen LogP contribution in [0.4, 0.5) is 0 Å². The monoisotopic (exact) mass is 492 g/mol. The first-order valence-electron chi connectivity index (χ1n) is 11.1. The van der Waals surface area contributed by atoms with Gasteiger partial charge in [0.2, 0.25) is 15.9 Å². The van der Waals surface area contributed by atoms with Crippen LogP contribution in [0.1, 0.15) is 41.5 Å². The van der Waals surface area contributed by atoms with Gasteiger partial charge in [0.15, 0.2) is 9.84 Å². The van der Waals surface area contributed by atoms with E-state index < -0.39 is 25.9 Å². The smallest absolute Gasteiger partial charge is 0.241 e. The zero-order valence-electron chi connectivity index (χ0n) is 19.6. The summed E-state index contributed by atoms with van der Waals surface area (Å²) in [5.41, 5.74) is 3.19. The summed E-state index contributed by atoms with van der Waals surface area (Å²) in [6, 6.07) is 9.79. The van der Waals surface area contributed by atoms with Crippen LogP contribution in [0, 0.1) is 27.7 Å². The van der Waals surface area contributed by atoms with E-state index in [9.17, 15) is 21.6 Å². The maximum absolute atomic E-state index is 13.0. The second-order valence-corrected chi connectivity index (χ2v) is 12.5. The number of hydrogen-bond acceptors (Lipinski definition) is 5. The molecule has 9 heteroatoms. The Balaban J connectivity index is 1.65. The number of hydrogen-bond donors (Lipinski definition) is 1. The Hall–Kier alpha value is -2.23. The molecule has 2 aromatic rings. The van der Waals surface area contributed by atoms with E-state index >= 15 is 0 Å². The SMILES string of the molecule is Cc1cc(C)c(C)c(S(=O)(=O)NCCC(=O)N2CCCC2CS(=O)(=O)c2ccccc2)c1C. The zero-order valence-corrected chi connectivity index (χ0v) is 21.2. The van der Waals surface area contributed by atoms with E-state index in [-0.39, 0.29) is 34.4 Å². The predicted octanol–water partition coefficient (Wildman–Crippen LogP) is 3.05. The normalized spacial score (nSPS) is 16.8. The lowest BCUT2D eigenvalue weighted by molar-refractivity contribution is -0.131. The van der Waals surface area contributed by atoms with Crippen LogP contribution in [-0.4, -0.2) is 52.5 Å². The van der Waals surface area contributed by atoms with Gasteiger partial charge in [0.25, 0.3) is 0 Å². The molecule has 0 aliphatic carbocycles. The quantitative estimate of drug-likeness (QED) is 0.610. The molecule has 1 amide bonds. The minimum atomic E-state index is -3.78. The topological polar surface area (TPSA) is 101 Å². The molecule has 1 fully saturated rings. The Labute approximate surface area is 197 Å². The summed E-state index contributed by atoms with van der Waals surface area (Å²) in [4.78, 5) is 14.9. The molecule has 33 heavy (non-hydrogen) atoms. The van der Waals surface area contributed by atoms with Crippen molar-refractivity contribution in [1.82, 2.24) is 9.62 Å². The van der Waals surface area contributed by atoms with Gasteiger partial charge in [-0.05, 0) is 74.9 Å². The van der Waals surface area contributed by atoms with Crippen LogP contribution in [0.25, 0.3) is 0 Å². The zero-order chi connectivity index (χ0) is 24.4. The molecular formula is C24H32N2O5S2. The van der Waals surface area contributed by atoms with Gasteiger partial charge in [-0.3, -0.25) is 4.79 Å². The number of carbonyl (C=O) groups is 1. The summed E-state index contributed by atoms with van der Waals surface area (Å²) in [6.07, 6.45) is 1.32. The first-order chi connectivity index (χ1) is 15.4. The van der Waals surface area contributed by atoms with Gasteiger partial charge < -0.3 is 4.90 Å². The summed E-state index contributed by atoms with van der Waals surface area (Å²) >= 11 is 0. The maximum atomic E-state index is 13.0. The van der Waals surface area contributed by atoms with Gasteiger partial charge >= 0.3 is 0 Å². The Morgan fingerprint density at radius 1 is 1.00 bits per heavy atom. The molecule has 1 N–H and O–H groups in total. The van der Waals surface area contributed by atoms with Crippen molar-refractivity contribution in [1.29, 1.82) is 0 Å². The number of nitrogens with zero attached hydrogens (tertiary/aromatic N) is 1. The average Bonchev–Trinajstić information content (AvgIpc) is 3.20. The van der Waals surface area contributed by atoms with E-state index in [1.165, 1.54) is 0 Å². The molecule has 1 heterocycles. The van der Waals surface area contributed by atoms with Crippen LogP contribution in [0.5, 0.6) is 0 Å². The van der Waals surface area contributed by atoms with Gasteiger partial charge in [0.05, 0.1) is 15.5 Å². The Bertz CT molecular complexity index is 1210. The van der Waals surface area contributed by atoms with Crippen molar-refractivity contribution in [2.45, 2.75) is 62.8 Å². The minimum absolute atomic E-state index is 0.0238. The molecule has 1 aliphatic heterocycles. The molecular weight excluding hydrogens is 460 g/mol. The van der Waals surface area contributed by atoms with Gasteiger partial charge in [0, 0.05) is 25.6 Å². The first-order valence-corrected chi connectivity index (χ1v) is 14.2. The number of amides is 1. The van der Waals surface area contributed by atoms with E-state index in [2.05, 4.69) is 4.72 Å². The van der Waals surface area contributed by atoms with E-state index in [4.69, 9.17) is 0 Å². The summed E-state index contributed by atoms with van der Waals surface area (Å²) in [5, 5.41) is 0. The molecule has 2 aromatic carbocycles. The number of likely N-dealkylation sites (tertiary alicyclic amines) is 1. The van der Waals surface area contributed by atoms with E-state index in [0.29, 0.717) is 24.1 Å². The lowest BCUT2D eigenvalue weighted by atomic mass is 10.0. The third-order valence-corrected chi connectivity index (χ3v) is 9.96. The highest BCUT2D eigenvalue weighted by molar-refractivity contribution is 7.91. The van der Waals surface area contributed by atoms with Crippen LogP contribution in [-0.2, 0) is 24.7 Å². The van der Waals surface area contributed by atoms with E-state index in [1.807, 2.05) is 19.9 Å². The van der Waals surface area contributed by atoms with Crippen molar-refractivity contribution in [3.05, 3.63) is 58.7 Å². The number of nitrogens with one attached hydrogen (secondary N) is 1. The molecule has 0 bridgehead atoms. The summed E-state index contributed by atoms with van der Waals surface area (Å²) in [7, 11) is -7.29. The van der Waals surface area contributed by atoms with Crippen molar-refractivity contribution in [2.24, 2.45) is 0 Å². The molecule has 0 saturated carbocycles. The number of rotatable bonds is 8. The molecule has 0 aromatic heterocycles. The number of carbonyl (C=O) groups excluding carboxylic acids is 1. The van der Waals surface area contributed by atoms with Crippen molar-refractivity contribution < 1.29 is 21.6 Å². The van der Waals surface area contributed by atoms with Gasteiger partial charge in [0.1, 0.15) is 0 Å². The van der Waals surface area contributed by atoms with Gasteiger partial charge in [-0.15, -0.1) is 0 Å². The second-order valence-electron chi connectivity index (χ2n) is 8.71. The number of sulfonamides is 1. The number of aryl methyl sites for hydroxylation is 2. The lowest BCUT2D eigenvalue weighted by Gasteiger charge is -2.25. The van der Waals surface area contributed by atoms with Gasteiger partial charge in [-0.25, -0.2) is 21.6 Å².